The molecule has 4 rings (SSSR count). The van der Waals surface area contributed by atoms with Crippen molar-refractivity contribution < 1.29 is 29.0 Å². The van der Waals surface area contributed by atoms with Gasteiger partial charge in [0.15, 0.2) is 0 Å². The van der Waals surface area contributed by atoms with Gasteiger partial charge >= 0.3 is 5.69 Å². The Morgan fingerprint density at radius 1 is 1.03 bits per heavy atom. The summed E-state index contributed by atoms with van der Waals surface area (Å²) in [5, 5.41) is 24.4. The molecule has 0 radical (unpaired) electrons. The molecule has 1 N–H and O–H groups in total. The number of non-ortho nitro benzene ring substituents is 1. The van der Waals surface area contributed by atoms with Crippen LogP contribution in [0.1, 0.15) is 11.1 Å². The summed E-state index contributed by atoms with van der Waals surface area (Å²) in [6, 6.07) is 16.3. The molecule has 13 heteroatoms. The molecule has 1 saturated heterocycles. The van der Waals surface area contributed by atoms with Crippen molar-refractivity contribution in [2.45, 2.75) is 6.92 Å². The number of nitro groups is 2. The van der Waals surface area contributed by atoms with Gasteiger partial charge in [0.25, 0.3) is 16.8 Å². The smallest absolute Gasteiger partial charge is 0.318 e. The van der Waals surface area contributed by atoms with Gasteiger partial charge in [0.05, 0.1) is 20.8 Å². The number of nitro benzene ring substituents is 2. The molecule has 3 aromatic carbocycles. The zero-order valence-electron chi connectivity index (χ0n) is 19.7. The van der Waals surface area contributed by atoms with Crippen LogP contribution < -0.4 is 10.1 Å². The number of anilines is 1. The summed E-state index contributed by atoms with van der Waals surface area (Å²) in [5.74, 6) is -1.22. The molecule has 1 heterocycles. The number of para-hydroxylation sites is 1. The minimum Gasteiger partial charge on any atom is -0.450 e. The van der Waals surface area contributed by atoms with E-state index in [9.17, 15) is 34.6 Å². The first kappa shape index (κ1) is 26.0. The van der Waals surface area contributed by atoms with Crippen molar-refractivity contribution in [3.05, 3.63) is 103 Å². The molecule has 3 amide bonds. The van der Waals surface area contributed by atoms with Crippen molar-refractivity contribution in [3.63, 3.8) is 0 Å². The molecular weight excluding hydrogens is 516 g/mol. The van der Waals surface area contributed by atoms with E-state index in [1.54, 1.807) is 24.3 Å². The first-order valence-electron chi connectivity index (χ1n) is 10.9. The maximum Gasteiger partial charge on any atom is 0.318 e. The molecule has 0 unspecified atom stereocenters. The fraction of sp³-hybridized carbons (Fsp3) is 0.0800. The van der Waals surface area contributed by atoms with Gasteiger partial charge in [0.2, 0.25) is 11.7 Å². The van der Waals surface area contributed by atoms with Gasteiger partial charge in [-0.15, -0.1) is 0 Å². The summed E-state index contributed by atoms with van der Waals surface area (Å²) in [4.78, 5) is 59.4. The third-order valence-electron chi connectivity index (χ3n) is 5.33. The summed E-state index contributed by atoms with van der Waals surface area (Å²) in [7, 11) is 0. The van der Waals surface area contributed by atoms with Crippen LogP contribution in [0, 0.1) is 27.2 Å². The van der Waals surface area contributed by atoms with Crippen LogP contribution in [0.15, 0.2) is 71.6 Å². The largest absolute Gasteiger partial charge is 0.450 e. The quantitative estimate of drug-likeness (QED) is 0.230. The molecule has 1 aliphatic heterocycles. The lowest BCUT2D eigenvalue weighted by Gasteiger charge is -2.13. The lowest BCUT2D eigenvalue weighted by Crippen LogP contribution is -2.36. The van der Waals surface area contributed by atoms with Crippen LogP contribution in [0.5, 0.6) is 11.5 Å². The molecule has 1 aliphatic rings. The molecule has 192 valence electrons. The van der Waals surface area contributed by atoms with Crippen LogP contribution in [0.2, 0.25) is 0 Å². The minimum atomic E-state index is -0.794. The molecule has 0 aliphatic carbocycles. The Balaban J connectivity index is 1.49. The van der Waals surface area contributed by atoms with Crippen molar-refractivity contribution in [3.8, 4) is 11.5 Å². The lowest BCUT2D eigenvalue weighted by molar-refractivity contribution is -0.394. The Kier molecular flexibility index (Phi) is 7.48. The third-order valence-corrected chi connectivity index (χ3v) is 6.24. The molecule has 12 nitrogen and oxygen atoms in total. The number of ether oxygens (including phenoxy) is 1. The molecule has 0 atom stereocenters. The molecule has 0 spiro atoms. The standard InChI is InChI=1S/C25H18N4O8S/c1-15-5-2-3-8-19(15)26-23(30)14-27-24(31)22(38-25(27)32)12-16-6-4-7-18(11-16)37-21-10-9-17(28(33)34)13-20(21)29(35)36/h2-13H,14H2,1H3,(H,26,30)/b22-12+. The summed E-state index contributed by atoms with van der Waals surface area (Å²) >= 11 is 0.673. The predicted octanol–water partition coefficient (Wildman–Crippen LogP) is 5.28. The van der Waals surface area contributed by atoms with Crippen molar-refractivity contribution in [1.29, 1.82) is 0 Å². The van der Waals surface area contributed by atoms with Crippen LogP contribution in [0.3, 0.4) is 0 Å². The van der Waals surface area contributed by atoms with Crippen LogP contribution >= 0.6 is 11.8 Å². The highest BCUT2D eigenvalue weighted by Crippen LogP contribution is 2.36. The van der Waals surface area contributed by atoms with Gasteiger partial charge in [-0.3, -0.25) is 39.5 Å². The van der Waals surface area contributed by atoms with E-state index in [0.717, 1.165) is 28.7 Å². The highest BCUT2D eigenvalue weighted by Gasteiger charge is 2.36. The van der Waals surface area contributed by atoms with Gasteiger partial charge in [-0.25, -0.2) is 0 Å². The Morgan fingerprint density at radius 3 is 2.50 bits per heavy atom. The van der Waals surface area contributed by atoms with Crippen LogP contribution in [-0.2, 0) is 9.59 Å². The number of imide groups is 1. The predicted molar refractivity (Wildman–Crippen MR) is 139 cm³/mol. The zero-order valence-corrected chi connectivity index (χ0v) is 20.5. The monoisotopic (exact) mass is 534 g/mol. The SMILES string of the molecule is Cc1ccccc1NC(=O)CN1C(=O)S/C(=C/c2cccc(Oc3ccc([N+](=O)[O-])cc3[N+](=O)[O-])c2)C1=O. The number of hydrogen-bond acceptors (Lipinski definition) is 9. The number of benzene rings is 3. The third kappa shape index (κ3) is 5.84. The zero-order chi connectivity index (χ0) is 27.4. The summed E-state index contributed by atoms with van der Waals surface area (Å²) in [5.41, 5.74) is 0.805. The number of amides is 3. The average Bonchev–Trinajstić information content (AvgIpc) is 3.12. The maximum atomic E-state index is 12.8. The number of aryl methyl sites for hydroxylation is 1. The van der Waals surface area contributed by atoms with Crippen molar-refractivity contribution >= 4 is 52.0 Å². The summed E-state index contributed by atoms with van der Waals surface area (Å²) < 4.78 is 5.58. The van der Waals surface area contributed by atoms with Gasteiger partial charge in [0.1, 0.15) is 12.3 Å². The van der Waals surface area contributed by atoms with Crippen molar-refractivity contribution in [2.75, 3.05) is 11.9 Å². The topological polar surface area (TPSA) is 162 Å². The lowest BCUT2D eigenvalue weighted by atomic mass is 10.2. The number of nitrogens with one attached hydrogen (secondary N) is 1. The van der Waals surface area contributed by atoms with E-state index in [-0.39, 0.29) is 16.4 Å². The number of carbonyl (C=O) groups excluding carboxylic acids is 3. The molecular formula is C25H18N4O8S. The van der Waals surface area contributed by atoms with Gasteiger partial charge < -0.3 is 10.1 Å². The van der Waals surface area contributed by atoms with Crippen molar-refractivity contribution in [1.82, 2.24) is 4.90 Å². The summed E-state index contributed by atoms with van der Waals surface area (Å²) in [6.07, 6.45) is 1.43. The Bertz CT molecular complexity index is 1520. The number of carbonyl (C=O) groups is 3. The normalized spacial score (nSPS) is 14.0. The van der Waals surface area contributed by atoms with Crippen LogP contribution in [-0.4, -0.2) is 38.3 Å². The summed E-state index contributed by atoms with van der Waals surface area (Å²) in [6.45, 7) is 1.36. The second-order valence-corrected chi connectivity index (χ2v) is 8.96. The van der Waals surface area contributed by atoms with E-state index in [0.29, 0.717) is 23.0 Å². The number of nitrogens with zero attached hydrogens (tertiary/aromatic N) is 3. The van der Waals surface area contributed by atoms with Crippen LogP contribution in [0.25, 0.3) is 6.08 Å². The number of rotatable bonds is 8. The molecule has 1 fully saturated rings. The van der Waals surface area contributed by atoms with E-state index >= 15 is 0 Å². The Hall–Kier alpha value is -5.04. The molecule has 3 aromatic rings. The number of thioether (sulfide) groups is 1. The highest BCUT2D eigenvalue weighted by molar-refractivity contribution is 8.18. The molecule has 0 bridgehead atoms. The van der Waals surface area contributed by atoms with Gasteiger partial charge in [-0.1, -0.05) is 30.3 Å². The maximum absolute atomic E-state index is 12.8. The second kappa shape index (κ2) is 10.9. The molecule has 0 aromatic heterocycles. The fourth-order valence-corrected chi connectivity index (χ4v) is 4.32. The van der Waals surface area contributed by atoms with Gasteiger partial charge in [-0.05, 0) is 60.2 Å². The van der Waals surface area contributed by atoms with E-state index in [4.69, 9.17) is 4.74 Å². The second-order valence-electron chi connectivity index (χ2n) is 7.97. The Labute approximate surface area is 219 Å². The van der Waals surface area contributed by atoms with Crippen LogP contribution in [0.4, 0.5) is 21.9 Å². The van der Waals surface area contributed by atoms with E-state index in [1.807, 2.05) is 19.1 Å². The van der Waals surface area contributed by atoms with Crippen molar-refractivity contribution in [2.24, 2.45) is 0 Å². The first-order valence-corrected chi connectivity index (χ1v) is 11.8. The average molecular weight is 535 g/mol. The Morgan fingerprint density at radius 2 is 1.79 bits per heavy atom. The fourth-order valence-electron chi connectivity index (χ4n) is 3.48. The minimum absolute atomic E-state index is 0.0807. The molecule has 38 heavy (non-hydrogen) atoms. The van der Waals surface area contributed by atoms with Gasteiger partial charge in [0, 0.05) is 11.8 Å². The number of hydrogen-bond donors (Lipinski definition) is 1. The van der Waals surface area contributed by atoms with E-state index in [1.165, 1.54) is 18.2 Å². The highest BCUT2D eigenvalue weighted by atomic mass is 32.2. The van der Waals surface area contributed by atoms with Gasteiger partial charge in [-0.2, -0.15) is 0 Å². The van der Waals surface area contributed by atoms with E-state index in [2.05, 4.69) is 5.32 Å². The van der Waals surface area contributed by atoms with E-state index < -0.39 is 44.8 Å². The molecule has 0 saturated carbocycles. The first-order chi connectivity index (χ1) is 18.1.